The van der Waals surface area contributed by atoms with Crippen LogP contribution in [0.3, 0.4) is 0 Å². The van der Waals surface area contributed by atoms with E-state index < -0.39 is 0 Å². The lowest BCUT2D eigenvalue weighted by Crippen LogP contribution is -2.44. The van der Waals surface area contributed by atoms with Crippen molar-refractivity contribution < 1.29 is 4.74 Å². The number of anilines is 2. The van der Waals surface area contributed by atoms with Crippen molar-refractivity contribution in [3.05, 3.63) is 16.9 Å². The highest BCUT2D eigenvalue weighted by Gasteiger charge is 2.22. The molecule has 1 aromatic rings. The Kier molecular flexibility index (Phi) is 3.11. The summed E-state index contributed by atoms with van der Waals surface area (Å²) in [5.41, 5.74) is 7.67. The summed E-state index contributed by atoms with van der Waals surface area (Å²) in [5.74, 6) is 0. The molecule has 0 aliphatic carbocycles. The third-order valence-corrected chi connectivity index (χ3v) is 3.14. The molecule has 82 valence electrons. The third kappa shape index (κ3) is 2.08. The highest BCUT2D eigenvalue weighted by Crippen LogP contribution is 2.33. The van der Waals surface area contributed by atoms with Gasteiger partial charge in [0.1, 0.15) is 0 Å². The summed E-state index contributed by atoms with van der Waals surface area (Å²) in [5, 5.41) is 0. The zero-order valence-electron chi connectivity index (χ0n) is 8.61. The average molecular weight is 272 g/mol. The molecule has 1 atom stereocenters. The Hall–Kier alpha value is -0.810. The maximum atomic E-state index is 5.94. The first-order valence-corrected chi connectivity index (χ1v) is 5.73. The van der Waals surface area contributed by atoms with Gasteiger partial charge in [-0.15, -0.1) is 0 Å². The van der Waals surface area contributed by atoms with Gasteiger partial charge >= 0.3 is 0 Å². The molecule has 1 aliphatic rings. The Morgan fingerprint density at radius 1 is 1.60 bits per heavy atom. The van der Waals surface area contributed by atoms with Gasteiger partial charge in [0.15, 0.2) is 0 Å². The quantitative estimate of drug-likeness (QED) is 0.844. The first-order chi connectivity index (χ1) is 7.20. The van der Waals surface area contributed by atoms with E-state index in [1.807, 2.05) is 0 Å². The smallest absolute Gasteiger partial charge is 0.0780 e. The summed E-state index contributed by atoms with van der Waals surface area (Å²) in [7, 11) is 0. The lowest BCUT2D eigenvalue weighted by Gasteiger charge is -2.36. The number of rotatable bonds is 1. The number of halogens is 1. The lowest BCUT2D eigenvalue weighted by atomic mass is 10.2. The number of aromatic nitrogens is 1. The van der Waals surface area contributed by atoms with E-state index >= 15 is 0 Å². The fourth-order valence-corrected chi connectivity index (χ4v) is 2.38. The van der Waals surface area contributed by atoms with E-state index in [-0.39, 0.29) is 0 Å². The number of hydrogen-bond donors (Lipinski definition) is 1. The van der Waals surface area contributed by atoms with Gasteiger partial charge in [0.2, 0.25) is 0 Å². The van der Waals surface area contributed by atoms with Gasteiger partial charge < -0.3 is 15.4 Å². The fraction of sp³-hybridized carbons (Fsp3) is 0.500. The van der Waals surface area contributed by atoms with Crippen LogP contribution in [-0.2, 0) is 4.74 Å². The van der Waals surface area contributed by atoms with Crippen molar-refractivity contribution in [3.8, 4) is 0 Å². The summed E-state index contributed by atoms with van der Waals surface area (Å²) in [6.45, 7) is 4.49. The van der Waals surface area contributed by atoms with Gasteiger partial charge in [-0.1, -0.05) is 0 Å². The maximum Gasteiger partial charge on any atom is 0.0780 e. The van der Waals surface area contributed by atoms with Crippen molar-refractivity contribution in [3.63, 3.8) is 0 Å². The molecule has 1 fully saturated rings. The van der Waals surface area contributed by atoms with E-state index in [9.17, 15) is 0 Å². The van der Waals surface area contributed by atoms with Crippen molar-refractivity contribution in [1.82, 2.24) is 4.98 Å². The lowest BCUT2D eigenvalue weighted by molar-refractivity contribution is 0.0989. The topological polar surface area (TPSA) is 51.4 Å². The van der Waals surface area contributed by atoms with E-state index in [2.05, 4.69) is 32.7 Å². The molecule has 1 aliphatic heterocycles. The van der Waals surface area contributed by atoms with E-state index in [4.69, 9.17) is 10.5 Å². The van der Waals surface area contributed by atoms with Gasteiger partial charge in [-0.05, 0) is 22.9 Å². The van der Waals surface area contributed by atoms with Gasteiger partial charge in [-0.3, -0.25) is 4.98 Å². The molecule has 0 saturated carbocycles. The van der Waals surface area contributed by atoms with Crippen molar-refractivity contribution >= 4 is 27.3 Å². The Bertz CT molecular complexity index is 338. The second-order valence-electron chi connectivity index (χ2n) is 3.68. The van der Waals surface area contributed by atoms with Crippen LogP contribution in [0.4, 0.5) is 11.4 Å². The van der Waals surface area contributed by atoms with Crippen LogP contribution in [-0.4, -0.2) is 30.8 Å². The second kappa shape index (κ2) is 4.37. The number of pyridine rings is 1. The SMILES string of the molecule is CC1COCCN1c1c(N)cncc1Br. The molecule has 2 rings (SSSR count). The minimum atomic E-state index is 0.347. The predicted molar refractivity (Wildman–Crippen MR) is 64.0 cm³/mol. The zero-order chi connectivity index (χ0) is 10.8. The summed E-state index contributed by atoms with van der Waals surface area (Å²) in [4.78, 5) is 6.29. The predicted octanol–water partition coefficient (Wildman–Crippen LogP) is 1.65. The summed E-state index contributed by atoms with van der Waals surface area (Å²) < 4.78 is 6.34. The molecular weight excluding hydrogens is 258 g/mol. The maximum absolute atomic E-state index is 5.94. The minimum Gasteiger partial charge on any atom is -0.396 e. The van der Waals surface area contributed by atoms with Crippen LogP contribution >= 0.6 is 15.9 Å². The summed E-state index contributed by atoms with van der Waals surface area (Å²) >= 11 is 3.49. The Labute approximate surface area is 97.6 Å². The molecule has 1 aromatic heterocycles. The highest BCUT2D eigenvalue weighted by molar-refractivity contribution is 9.10. The summed E-state index contributed by atoms with van der Waals surface area (Å²) in [6.07, 6.45) is 3.45. The zero-order valence-corrected chi connectivity index (χ0v) is 10.2. The monoisotopic (exact) mass is 271 g/mol. The van der Waals surface area contributed by atoms with E-state index in [1.54, 1.807) is 12.4 Å². The van der Waals surface area contributed by atoms with Crippen LogP contribution in [0, 0.1) is 0 Å². The molecule has 4 nitrogen and oxygen atoms in total. The number of nitrogens with two attached hydrogens (primary N) is 1. The highest BCUT2D eigenvalue weighted by atomic mass is 79.9. The molecule has 1 unspecified atom stereocenters. The molecule has 0 aromatic carbocycles. The van der Waals surface area contributed by atoms with Crippen LogP contribution in [0.1, 0.15) is 6.92 Å². The molecule has 1 saturated heterocycles. The van der Waals surface area contributed by atoms with E-state index in [0.29, 0.717) is 11.7 Å². The molecule has 0 radical (unpaired) electrons. The van der Waals surface area contributed by atoms with Gasteiger partial charge in [0.25, 0.3) is 0 Å². The van der Waals surface area contributed by atoms with Crippen molar-refractivity contribution in [1.29, 1.82) is 0 Å². The Balaban J connectivity index is 2.35. The molecule has 0 spiro atoms. The van der Waals surface area contributed by atoms with Gasteiger partial charge in [-0.2, -0.15) is 0 Å². The van der Waals surface area contributed by atoms with E-state index in [0.717, 1.165) is 29.9 Å². The van der Waals surface area contributed by atoms with Crippen LogP contribution in [0.2, 0.25) is 0 Å². The molecule has 0 amide bonds. The second-order valence-corrected chi connectivity index (χ2v) is 4.53. The molecule has 2 N–H and O–H groups in total. The molecular formula is C10H14BrN3O. The van der Waals surface area contributed by atoms with Crippen molar-refractivity contribution in [2.75, 3.05) is 30.4 Å². The minimum absolute atomic E-state index is 0.347. The molecule has 15 heavy (non-hydrogen) atoms. The Morgan fingerprint density at radius 3 is 3.07 bits per heavy atom. The van der Waals surface area contributed by atoms with Crippen molar-refractivity contribution in [2.24, 2.45) is 0 Å². The number of hydrogen-bond acceptors (Lipinski definition) is 4. The number of ether oxygens (including phenoxy) is 1. The third-order valence-electron chi connectivity index (χ3n) is 2.56. The normalized spacial score (nSPS) is 21.7. The Morgan fingerprint density at radius 2 is 2.40 bits per heavy atom. The first kappa shape index (κ1) is 10.7. The molecule has 5 heteroatoms. The van der Waals surface area contributed by atoms with Crippen LogP contribution in [0.5, 0.6) is 0 Å². The van der Waals surface area contributed by atoms with Crippen molar-refractivity contribution in [2.45, 2.75) is 13.0 Å². The number of nitrogen functional groups attached to an aromatic ring is 1. The van der Waals surface area contributed by atoms with Crippen LogP contribution in [0.25, 0.3) is 0 Å². The van der Waals surface area contributed by atoms with Crippen LogP contribution in [0.15, 0.2) is 16.9 Å². The summed E-state index contributed by atoms with van der Waals surface area (Å²) in [6, 6.07) is 0.347. The average Bonchev–Trinajstić information content (AvgIpc) is 2.20. The van der Waals surface area contributed by atoms with Crippen LogP contribution < -0.4 is 10.6 Å². The first-order valence-electron chi connectivity index (χ1n) is 4.93. The largest absolute Gasteiger partial charge is 0.396 e. The van der Waals surface area contributed by atoms with Gasteiger partial charge in [0, 0.05) is 18.8 Å². The molecule has 2 heterocycles. The van der Waals surface area contributed by atoms with E-state index in [1.165, 1.54) is 0 Å². The molecule has 0 bridgehead atoms. The van der Waals surface area contributed by atoms with Gasteiger partial charge in [-0.25, -0.2) is 0 Å². The fourth-order valence-electron chi connectivity index (χ4n) is 1.81. The standard InChI is InChI=1S/C10H14BrN3O/c1-7-6-15-3-2-14(7)10-8(11)4-13-5-9(10)12/h4-5,7H,2-3,6,12H2,1H3. The number of nitrogens with zero attached hydrogens (tertiary/aromatic N) is 2. The number of morpholine rings is 1. The van der Waals surface area contributed by atoms with Gasteiger partial charge in [0.05, 0.1) is 35.3 Å².